The van der Waals surface area contributed by atoms with Crippen molar-refractivity contribution in [1.29, 1.82) is 0 Å². The molecular weight excluding hydrogens is 550 g/mol. The highest BCUT2D eigenvalue weighted by Crippen LogP contribution is 2.47. The van der Waals surface area contributed by atoms with E-state index in [1.807, 2.05) is 0 Å². The molecule has 0 saturated carbocycles. The molecule has 1 aliphatic heterocycles. The zero-order valence-electron chi connectivity index (χ0n) is 19.5. The number of aromatic nitrogens is 3. The average Bonchev–Trinajstić information content (AvgIpc) is 3.15. The maximum Gasteiger partial charge on any atom is 0.453 e. The second-order valence-corrected chi connectivity index (χ2v) is 8.80. The summed E-state index contributed by atoms with van der Waals surface area (Å²) in [5, 5.41) is 19.7. The van der Waals surface area contributed by atoms with Crippen molar-refractivity contribution in [1.82, 2.24) is 14.5 Å². The Hall–Kier alpha value is -3.86. The van der Waals surface area contributed by atoms with Gasteiger partial charge in [-0.2, -0.15) is 26.3 Å². The molecule has 0 radical (unpaired) electrons. The molecule has 0 aliphatic carbocycles. The van der Waals surface area contributed by atoms with Gasteiger partial charge in [-0.1, -0.05) is 6.92 Å². The first-order chi connectivity index (χ1) is 18.0. The highest BCUT2D eigenvalue weighted by molar-refractivity contribution is 5.98. The van der Waals surface area contributed by atoms with Gasteiger partial charge in [0.1, 0.15) is 16.9 Å². The molecular formula is C22H17F8N5O4. The van der Waals surface area contributed by atoms with Crippen LogP contribution >= 0.6 is 0 Å². The van der Waals surface area contributed by atoms with E-state index < -0.39 is 106 Å². The van der Waals surface area contributed by atoms with Crippen molar-refractivity contribution in [3.8, 4) is 5.82 Å². The summed E-state index contributed by atoms with van der Waals surface area (Å²) in [6.07, 6.45) is -8.62. The van der Waals surface area contributed by atoms with E-state index in [2.05, 4.69) is 9.97 Å². The molecule has 1 unspecified atom stereocenters. The van der Waals surface area contributed by atoms with Gasteiger partial charge < -0.3 is 20.8 Å². The molecule has 3 aromatic heterocycles. The Bertz CT molecular complexity index is 1530. The lowest BCUT2D eigenvalue weighted by Gasteiger charge is -2.30. The van der Waals surface area contributed by atoms with Gasteiger partial charge in [0.25, 0.3) is 5.91 Å². The van der Waals surface area contributed by atoms with Crippen LogP contribution < -0.4 is 16.1 Å². The molecule has 3 atom stereocenters. The van der Waals surface area contributed by atoms with E-state index in [-0.39, 0.29) is 17.6 Å². The van der Waals surface area contributed by atoms with E-state index in [0.29, 0.717) is 12.3 Å². The van der Waals surface area contributed by atoms with Crippen LogP contribution in [0.25, 0.3) is 16.9 Å². The predicted octanol–water partition coefficient (Wildman–Crippen LogP) is 2.14. The number of pyridine rings is 3. The monoisotopic (exact) mass is 567 g/mol. The summed E-state index contributed by atoms with van der Waals surface area (Å²) in [5.41, 5.74) is -1.86. The standard InChI is InChI=1S/C22H17F8N5O4/c1-7(21(26,27)22(28,29)30)16-14(19(31)39)17(38)15-10(35(16)20-9(24)2-8(23)4-32-20)3-11(18(25)33-15)34-5-12(36)13(37)6-34/h2-4,7,12-13,36-37H,5-6H2,1H3,(H2,31,39)/t7?,12-,13-/m1/s1. The molecule has 9 nitrogen and oxygen atoms in total. The van der Waals surface area contributed by atoms with Gasteiger partial charge in [0.15, 0.2) is 11.6 Å². The van der Waals surface area contributed by atoms with Crippen LogP contribution in [-0.4, -0.2) is 68.1 Å². The number of nitrogens with two attached hydrogens (primary N) is 1. The number of primary amides is 1. The maximum atomic E-state index is 15.0. The van der Waals surface area contributed by atoms with Crippen LogP contribution in [0.3, 0.4) is 0 Å². The Morgan fingerprint density at radius 2 is 1.69 bits per heavy atom. The third-order valence-corrected chi connectivity index (χ3v) is 6.30. The highest BCUT2D eigenvalue weighted by atomic mass is 19.4. The molecule has 4 heterocycles. The minimum atomic E-state index is -6.24. The van der Waals surface area contributed by atoms with Crippen LogP contribution in [0.5, 0.6) is 0 Å². The number of carbonyl (C=O) groups is 1. The SMILES string of the molecule is CC(c1c(C(N)=O)c(=O)c2nc(F)c(N3C[C@@H](O)[C@H](O)C3)cc2n1-c1ncc(F)cc1F)C(F)(F)C(F)(F)F. The fraction of sp³-hybridized carbons (Fsp3) is 0.364. The first-order valence-corrected chi connectivity index (χ1v) is 10.9. The normalized spacial score (nSPS) is 19.1. The quantitative estimate of drug-likeness (QED) is 0.318. The number of rotatable bonds is 5. The van der Waals surface area contributed by atoms with Crippen LogP contribution in [0.4, 0.5) is 40.8 Å². The topological polar surface area (TPSA) is 135 Å². The lowest BCUT2D eigenvalue weighted by Crippen LogP contribution is -2.44. The van der Waals surface area contributed by atoms with Crippen molar-refractivity contribution >= 4 is 22.6 Å². The minimum Gasteiger partial charge on any atom is -0.389 e. The van der Waals surface area contributed by atoms with Gasteiger partial charge in [-0.25, -0.2) is 18.7 Å². The van der Waals surface area contributed by atoms with Gasteiger partial charge in [-0.3, -0.25) is 14.2 Å². The maximum absolute atomic E-state index is 15.0. The summed E-state index contributed by atoms with van der Waals surface area (Å²) < 4.78 is 113. The molecule has 39 heavy (non-hydrogen) atoms. The van der Waals surface area contributed by atoms with Crippen molar-refractivity contribution in [2.24, 2.45) is 5.73 Å². The van der Waals surface area contributed by atoms with Gasteiger partial charge in [0, 0.05) is 19.2 Å². The number of carbonyl (C=O) groups excluding carboxylic acids is 1. The van der Waals surface area contributed by atoms with E-state index in [1.54, 1.807) is 0 Å². The molecule has 4 N–H and O–H groups in total. The summed E-state index contributed by atoms with van der Waals surface area (Å²) in [6, 6.07) is 0.888. The number of hydrogen-bond acceptors (Lipinski definition) is 7. The molecule has 0 bridgehead atoms. The van der Waals surface area contributed by atoms with Gasteiger partial charge in [-0.15, -0.1) is 0 Å². The number of aliphatic hydroxyl groups excluding tert-OH is 2. The lowest BCUT2D eigenvalue weighted by atomic mass is 9.92. The molecule has 1 fully saturated rings. The minimum absolute atomic E-state index is 0.189. The zero-order chi connectivity index (χ0) is 29.2. The fourth-order valence-corrected chi connectivity index (χ4v) is 4.34. The predicted molar refractivity (Wildman–Crippen MR) is 117 cm³/mol. The summed E-state index contributed by atoms with van der Waals surface area (Å²) in [5.74, 6) is -16.1. The Kier molecular flexibility index (Phi) is 6.79. The second-order valence-electron chi connectivity index (χ2n) is 8.80. The van der Waals surface area contributed by atoms with E-state index in [4.69, 9.17) is 5.73 Å². The van der Waals surface area contributed by atoms with Crippen LogP contribution in [-0.2, 0) is 0 Å². The molecule has 1 amide bonds. The largest absolute Gasteiger partial charge is 0.453 e. The number of amides is 1. The van der Waals surface area contributed by atoms with Gasteiger partial charge in [0.2, 0.25) is 11.4 Å². The van der Waals surface area contributed by atoms with E-state index in [1.165, 1.54) is 0 Å². The molecule has 1 aliphatic rings. The number of alkyl halides is 5. The number of hydrogen-bond donors (Lipinski definition) is 3. The Morgan fingerprint density at radius 3 is 2.21 bits per heavy atom. The number of β-amino-alcohol motifs (C(OH)–C–C–N with tert-alkyl or cyclic N) is 2. The molecule has 4 rings (SSSR count). The number of halogens is 8. The van der Waals surface area contributed by atoms with Crippen LogP contribution in [0.15, 0.2) is 23.1 Å². The van der Waals surface area contributed by atoms with Crippen molar-refractivity contribution in [2.45, 2.75) is 37.1 Å². The second kappa shape index (κ2) is 9.41. The fourth-order valence-electron chi connectivity index (χ4n) is 4.34. The first-order valence-electron chi connectivity index (χ1n) is 10.9. The average molecular weight is 567 g/mol. The van der Waals surface area contributed by atoms with Crippen molar-refractivity contribution in [3.05, 3.63) is 57.4 Å². The van der Waals surface area contributed by atoms with Gasteiger partial charge >= 0.3 is 12.1 Å². The van der Waals surface area contributed by atoms with Crippen LogP contribution in [0, 0.1) is 17.6 Å². The van der Waals surface area contributed by atoms with E-state index >= 15 is 4.39 Å². The Labute approximate surface area is 212 Å². The van der Waals surface area contributed by atoms with Gasteiger partial charge in [-0.05, 0) is 6.07 Å². The number of anilines is 1. The zero-order valence-corrected chi connectivity index (χ0v) is 19.5. The van der Waals surface area contributed by atoms with E-state index in [0.717, 1.165) is 4.90 Å². The van der Waals surface area contributed by atoms with Crippen LogP contribution in [0.1, 0.15) is 28.9 Å². The summed E-state index contributed by atoms with van der Waals surface area (Å²) in [6.45, 7) is -0.510. The third-order valence-electron chi connectivity index (χ3n) is 6.30. The van der Waals surface area contributed by atoms with Crippen molar-refractivity contribution in [2.75, 3.05) is 18.0 Å². The molecule has 17 heteroatoms. The number of nitrogens with zero attached hydrogens (tertiary/aromatic N) is 4. The highest BCUT2D eigenvalue weighted by Gasteiger charge is 2.62. The smallest absolute Gasteiger partial charge is 0.389 e. The molecule has 210 valence electrons. The molecule has 1 saturated heterocycles. The van der Waals surface area contributed by atoms with Gasteiger partial charge in [0.05, 0.1) is 41.2 Å². The third kappa shape index (κ3) is 4.54. The summed E-state index contributed by atoms with van der Waals surface area (Å²) in [4.78, 5) is 33.2. The first kappa shape index (κ1) is 28.2. The van der Waals surface area contributed by atoms with Crippen LogP contribution in [0.2, 0.25) is 0 Å². The molecule has 0 spiro atoms. The summed E-state index contributed by atoms with van der Waals surface area (Å²) >= 11 is 0. The Balaban J connectivity index is 2.21. The number of aliphatic hydroxyl groups is 2. The Morgan fingerprint density at radius 1 is 1.10 bits per heavy atom. The van der Waals surface area contributed by atoms with Crippen molar-refractivity contribution in [3.63, 3.8) is 0 Å². The van der Waals surface area contributed by atoms with E-state index in [9.17, 15) is 50.5 Å². The van der Waals surface area contributed by atoms with Crippen molar-refractivity contribution < 1.29 is 50.1 Å². The lowest BCUT2D eigenvalue weighted by molar-refractivity contribution is -0.290. The summed E-state index contributed by atoms with van der Waals surface area (Å²) in [7, 11) is 0. The number of fused-ring (bicyclic) bond motifs is 1. The molecule has 0 aromatic carbocycles. The molecule has 3 aromatic rings.